The van der Waals surface area contributed by atoms with E-state index in [0.29, 0.717) is 30.5 Å². The molecule has 0 bridgehead atoms. The molecule has 0 aliphatic rings. The molecule has 0 radical (unpaired) electrons. The molecule has 0 saturated heterocycles. The molecule has 144 valence electrons. The number of oxime groups is 1. The van der Waals surface area contributed by atoms with Gasteiger partial charge in [0.2, 0.25) is 6.19 Å². The predicted octanol–water partition coefficient (Wildman–Crippen LogP) is 3.18. The van der Waals surface area contributed by atoms with Crippen LogP contribution in [0.4, 0.5) is 4.39 Å². The number of benzene rings is 1. The summed E-state index contributed by atoms with van der Waals surface area (Å²) in [6, 6.07) is 4.19. The first-order chi connectivity index (χ1) is 12.9. The van der Waals surface area contributed by atoms with Gasteiger partial charge in [0.15, 0.2) is 5.69 Å². The highest BCUT2D eigenvalue weighted by Crippen LogP contribution is 2.18. The number of rotatable bonds is 8. The van der Waals surface area contributed by atoms with Gasteiger partial charge in [-0.05, 0) is 42.1 Å². The maximum atomic E-state index is 13.3. The maximum absolute atomic E-state index is 13.3. The van der Waals surface area contributed by atoms with Gasteiger partial charge in [0, 0.05) is 18.4 Å². The fourth-order valence-electron chi connectivity index (χ4n) is 2.39. The Labute approximate surface area is 160 Å². The average molecular weight is 414 g/mol. The highest BCUT2D eigenvalue weighted by molar-refractivity contribution is 7.92. The van der Waals surface area contributed by atoms with E-state index in [0.717, 1.165) is 0 Å². The van der Waals surface area contributed by atoms with E-state index in [4.69, 9.17) is 21.5 Å². The molecule has 1 unspecified atom stereocenters. The molecule has 1 aromatic carbocycles. The van der Waals surface area contributed by atoms with Crippen LogP contribution in [-0.2, 0) is 22.6 Å². The molecule has 27 heavy (non-hydrogen) atoms. The van der Waals surface area contributed by atoms with Crippen molar-refractivity contribution in [3.05, 3.63) is 46.0 Å². The molecule has 8 nitrogen and oxygen atoms in total. The molecule has 0 aliphatic carbocycles. The van der Waals surface area contributed by atoms with Crippen LogP contribution in [0.5, 0.6) is 0 Å². The van der Waals surface area contributed by atoms with Crippen molar-refractivity contribution in [3.63, 3.8) is 0 Å². The lowest BCUT2D eigenvalue weighted by molar-refractivity contribution is 0.300. The third-order valence-corrected chi connectivity index (χ3v) is 5.53. The van der Waals surface area contributed by atoms with Crippen LogP contribution < -0.4 is 0 Å². The first-order valence-electron chi connectivity index (χ1n) is 7.91. The standard InChI is InChI=1S/C16H17ClFN5O3S/c1-27(25,20-10-19)7-3-2-4-14-16(23-26-22-14)15(21-24)9-11-5-6-13(18)12(17)8-11/h5-6,8,24H,2-4,7,9H2,1H3/b21-15+. The SMILES string of the molecule is CS(=O)(CCCCc1nonc1/C(Cc1ccc(F)c(Cl)c1)=N/O)=NC#N. The van der Waals surface area contributed by atoms with E-state index in [1.165, 1.54) is 24.5 Å². The van der Waals surface area contributed by atoms with Crippen LogP contribution >= 0.6 is 11.6 Å². The molecule has 11 heteroatoms. The summed E-state index contributed by atoms with van der Waals surface area (Å²) < 4.78 is 33.3. The van der Waals surface area contributed by atoms with Gasteiger partial charge in [-0.15, -0.1) is 4.36 Å². The Morgan fingerprint density at radius 1 is 1.44 bits per heavy atom. The number of aromatic nitrogens is 2. The van der Waals surface area contributed by atoms with Crippen molar-refractivity contribution in [3.8, 4) is 6.19 Å². The minimum Gasteiger partial charge on any atom is -0.411 e. The smallest absolute Gasteiger partial charge is 0.214 e. The summed E-state index contributed by atoms with van der Waals surface area (Å²) >= 11 is 5.77. The first-order valence-corrected chi connectivity index (χ1v) is 10.4. The Kier molecular flexibility index (Phi) is 7.27. The molecule has 0 aliphatic heterocycles. The summed E-state index contributed by atoms with van der Waals surface area (Å²) in [5.74, 6) is -0.252. The van der Waals surface area contributed by atoms with E-state index in [-0.39, 0.29) is 28.6 Å². The fourth-order valence-corrected chi connectivity index (χ4v) is 3.60. The molecule has 2 rings (SSSR count). The molecule has 0 fully saturated rings. The number of halogens is 2. The van der Waals surface area contributed by atoms with E-state index in [9.17, 15) is 13.8 Å². The largest absolute Gasteiger partial charge is 0.411 e. The van der Waals surface area contributed by atoms with Gasteiger partial charge in [0.05, 0.1) is 14.8 Å². The van der Waals surface area contributed by atoms with Crippen LogP contribution in [0.3, 0.4) is 0 Å². The van der Waals surface area contributed by atoms with Gasteiger partial charge in [0.25, 0.3) is 0 Å². The summed E-state index contributed by atoms with van der Waals surface area (Å²) in [6.45, 7) is 0. The van der Waals surface area contributed by atoms with Crippen molar-refractivity contribution in [2.24, 2.45) is 9.52 Å². The van der Waals surface area contributed by atoms with Crippen molar-refractivity contribution in [1.82, 2.24) is 10.3 Å². The normalized spacial score (nSPS) is 13.8. The number of aryl methyl sites for hydroxylation is 1. The summed E-state index contributed by atoms with van der Waals surface area (Å²) in [6.07, 6.45) is 4.76. The Morgan fingerprint density at radius 2 is 2.22 bits per heavy atom. The Balaban J connectivity index is 2.03. The molecule has 0 saturated carbocycles. The maximum Gasteiger partial charge on any atom is 0.214 e. The van der Waals surface area contributed by atoms with Gasteiger partial charge in [-0.2, -0.15) is 5.26 Å². The highest BCUT2D eigenvalue weighted by Gasteiger charge is 2.18. The Morgan fingerprint density at radius 3 is 2.89 bits per heavy atom. The van der Waals surface area contributed by atoms with Crippen LogP contribution in [-0.4, -0.2) is 37.4 Å². The number of hydrogen-bond acceptors (Lipinski definition) is 8. The van der Waals surface area contributed by atoms with Crippen molar-refractivity contribution in [2.75, 3.05) is 12.0 Å². The van der Waals surface area contributed by atoms with Crippen molar-refractivity contribution >= 4 is 27.0 Å². The van der Waals surface area contributed by atoms with Crippen LogP contribution in [0, 0.1) is 17.3 Å². The van der Waals surface area contributed by atoms with Gasteiger partial charge in [-0.3, -0.25) is 0 Å². The van der Waals surface area contributed by atoms with E-state index < -0.39 is 15.5 Å². The molecule has 1 heterocycles. The highest BCUT2D eigenvalue weighted by atomic mass is 35.5. The van der Waals surface area contributed by atoms with Gasteiger partial charge < -0.3 is 5.21 Å². The molecule has 1 aromatic heterocycles. The van der Waals surface area contributed by atoms with Gasteiger partial charge in [-0.25, -0.2) is 13.2 Å². The molecule has 0 spiro atoms. The van der Waals surface area contributed by atoms with E-state index in [1.54, 1.807) is 6.19 Å². The van der Waals surface area contributed by atoms with Gasteiger partial charge in [0.1, 0.15) is 17.2 Å². The quantitative estimate of drug-likeness (QED) is 0.233. The lowest BCUT2D eigenvalue weighted by atomic mass is 10.0. The molecule has 2 aromatic rings. The molecule has 0 amide bonds. The molecular weight excluding hydrogens is 397 g/mol. The topological polar surface area (TPSA) is 125 Å². The predicted molar refractivity (Wildman–Crippen MR) is 97.6 cm³/mol. The lowest BCUT2D eigenvalue weighted by Gasteiger charge is -2.05. The minimum absolute atomic E-state index is 0.0331. The number of nitrogens with zero attached hydrogens (tertiary/aromatic N) is 5. The van der Waals surface area contributed by atoms with Crippen LogP contribution in [0.25, 0.3) is 0 Å². The summed E-state index contributed by atoms with van der Waals surface area (Å²) in [4.78, 5) is 0. The molecular formula is C16H17ClFN5O3S. The lowest BCUT2D eigenvalue weighted by Crippen LogP contribution is -2.10. The zero-order chi connectivity index (χ0) is 19.9. The van der Waals surface area contributed by atoms with Crippen molar-refractivity contribution in [2.45, 2.75) is 25.7 Å². The number of hydrogen-bond donors (Lipinski definition) is 1. The third kappa shape index (κ3) is 6.01. The summed E-state index contributed by atoms with van der Waals surface area (Å²) in [7, 11) is -2.50. The van der Waals surface area contributed by atoms with E-state index in [2.05, 4.69) is 19.8 Å². The number of nitriles is 1. The second-order valence-corrected chi connectivity index (χ2v) is 8.76. The minimum atomic E-state index is -2.50. The Bertz CT molecular complexity index is 992. The summed E-state index contributed by atoms with van der Waals surface area (Å²) in [5.41, 5.74) is 1.60. The van der Waals surface area contributed by atoms with Crippen LogP contribution in [0.1, 0.15) is 29.8 Å². The average Bonchev–Trinajstić information content (AvgIpc) is 3.08. The third-order valence-electron chi connectivity index (χ3n) is 3.73. The van der Waals surface area contributed by atoms with Gasteiger partial charge >= 0.3 is 0 Å². The first kappa shape index (κ1) is 20.8. The fraction of sp³-hybridized carbons (Fsp3) is 0.375. The Hall–Kier alpha value is -2.51. The zero-order valence-electron chi connectivity index (χ0n) is 14.4. The van der Waals surface area contributed by atoms with E-state index >= 15 is 0 Å². The monoisotopic (exact) mass is 413 g/mol. The van der Waals surface area contributed by atoms with Crippen LogP contribution in [0.2, 0.25) is 5.02 Å². The summed E-state index contributed by atoms with van der Waals surface area (Å²) in [5, 5.41) is 28.6. The molecule has 1 N–H and O–H groups in total. The van der Waals surface area contributed by atoms with Crippen LogP contribution in [0.15, 0.2) is 32.3 Å². The second-order valence-electron chi connectivity index (χ2n) is 5.84. The zero-order valence-corrected chi connectivity index (χ0v) is 16.0. The van der Waals surface area contributed by atoms with Crippen molar-refractivity contribution < 1.29 is 18.4 Å². The second kappa shape index (κ2) is 9.43. The van der Waals surface area contributed by atoms with Gasteiger partial charge in [-0.1, -0.05) is 28.0 Å². The number of unbranched alkanes of at least 4 members (excludes halogenated alkanes) is 1. The van der Waals surface area contributed by atoms with E-state index in [1.807, 2.05) is 0 Å². The van der Waals surface area contributed by atoms with Crippen molar-refractivity contribution in [1.29, 1.82) is 5.26 Å². The molecule has 1 atom stereocenters.